The van der Waals surface area contributed by atoms with Gasteiger partial charge in [-0.25, -0.2) is 4.79 Å². The van der Waals surface area contributed by atoms with Crippen molar-refractivity contribution in [3.63, 3.8) is 0 Å². The summed E-state index contributed by atoms with van der Waals surface area (Å²) in [6.45, 7) is 1.97. The number of aromatic amines is 1. The van der Waals surface area contributed by atoms with Crippen molar-refractivity contribution in [1.29, 1.82) is 0 Å². The van der Waals surface area contributed by atoms with Gasteiger partial charge in [-0.3, -0.25) is 4.79 Å². The zero-order chi connectivity index (χ0) is 13.8. The van der Waals surface area contributed by atoms with Crippen molar-refractivity contribution in [3.05, 3.63) is 53.3 Å². The number of nitrogens with one attached hydrogen (secondary N) is 2. The average molecular weight is 258 g/mol. The van der Waals surface area contributed by atoms with Crippen LogP contribution in [0.1, 0.15) is 33.3 Å². The van der Waals surface area contributed by atoms with Gasteiger partial charge in [-0.15, -0.1) is 0 Å². The molecule has 1 aromatic heterocycles. The lowest BCUT2D eigenvalue weighted by atomic mass is 10.1. The van der Waals surface area contributed by atoms with E-state index in [4.69, 9.17) is 5.11 Å². The van der Waals surface area contributed by atoms with E-state index in [1.165, 1.54) is 6.92 Å². The van der Waals surface area contributed by atoms with Crippen LogP contribution in [0.5, 0.6) is 0 Å². The molecule has 19 heavy (non-hydrogen) atoms. The van der Waals surface area contributed by atoms with Crippen molar-refractivity contribution in [2.24, 2.45) is 0 Å². The Labute approximate surface area is 110 Å². The van der Waals surface area contributed by atoms with Gasteiger partial charge < -0.3 is 15.4 Å². The molecule has 0 spiro atoms. The van der Waals surface area contributed by atoms with Crippen molar-refractivity contribution in [1.82, 2.24) is 4.98 Å². The Hall–Kier alpha value is -2.56. The molecule has 0 aliphatic carbocycles. The van der Waals surface area contributed by atoms with Gasteiger partial charge in [0.1, 0.15) is 5.69 Å². The Kier molecular flexibility index (Phi) is 3.66. The summed E-state index contributed by atoms with van der Waals surface area (Å²) in [5.74, 6) is -1.00. The number of hydrogen-bond donors (Lipinski definition) is 3. The fourth-order valence-electron chi connectivity index (χ4n) is 1.81. The number of para-hydroxylation sites is 1. The van der Waals surface area contributed by atoms with Crippen LogP contribution in [0.25, 0.3) is 0 Å². The highest BCUT2D eigenvalue weighted by Gasteiger charge is 2.08. The number of Topliss-reactive ketones (excluding diaryl/α,β-unsaturated/α-hetero) is 1. The van der Waals surface area contributed by atoms with Gasteiger partial charge in [0.05, 0.1) is 0 Å². The van der Waals surface area contributed by atoms with E-state index in [1.807, 2.05) is 12.1 Å². The van der Waals surface area contributed by atoms with Gasteiger partial charge in [0.2, 0.25) is 0 Å². The number of rotatable bonds is 5. The van der Waals surface area contributed by atoms with Crippen LogP contribution in [0.2, 0.25) is 0 Å². The van der Waals surface area contributed by atoms with Gasteiger partial charge in [-0.05, 0) is 30.7 Å². The number of carboxylic acids is 1. The normalized spacial score (nSPS) is 10.2. The highest BCUT2D eigenvalue weighted by molar-refractivity contribution is 5.99. The molecule has 0 saturated carbocycles. The molecule has 0 radical (unpaired) electrons. The molecular formula is C14H14N2O3. The number of hydrogen-bond acceptors (Lipinski definition) is 3. The average Bonchev–Trinajstić information content (AvgIpc) is 2.85. The Bertz CT molecular complexity index is 617. The second-order valence-electron chi connectivity index (χ2n) is 4.18. The molecule has 2 aromatic rings. The first-order valence-corrected chi connectivity index (χ1v) is 5.82. The third-order valence-corrected chi connectivity index (χ3v) is 2.76. The first-order chi connectivity index (χ1) is 9.08. The summed E-state index contributed by atoms with van der Waals surface area (Å²) in [6.07, 6.45) is 1.63. The topological polar surface area (TPSA) is 82.2 Å². The van der Waals surface area contributed by atoms with Crippen molar-refractivity contribution < 1.29 is 14.7 Å². The summed E-state index contributed by atoms with van der Waals surface area (Å²) < 4.78 is 0. The van der Waals surface area contributed by atoms with E-state index in [0.29, 0.717) is 12.1 Å². The van der Waals surface area contributed by atoms with Crippen LogP contribution < -0.4 is 5.32 Å². The van der Waals surface area contributed by atoms with Gasteiger partial charge in [0.25, 0.3) is 0 Å². The summed E-state index contributed by atoms with van der Waals surface area (Å²) in [4.78, 5) is 24.9. The summed E-state index contributed by atoms with van der Waals surface area (Å²) in [6, 6.07) is 8.78. The van der Waals surface area contributed by atoms with E-state index in [0.717, 1.165) is 11.3 Å². The zero-order valence-electron chi connectivity index (χ0n) is 10.4. The minimum absolute atomic E-state index is 0.0107. The minimum Gasteiger partial charge on any atom is -0.477 e. The number of ketones is 1. The number of carbonyl (C=O) groups is 2. The van der Waals surface area contributed by atoms with Crippen molar-refractivity contribution >= 4 is 17.4 Å². The Morgan fingerprint density at radius 1 is 1.32 bits per heavy atom. The standard InChI is InChI=1S/C14H14N2O3/c1-9(17)11-4-2-3-5-12(11)15-7-10-6-13(14(18)19)16-8-10/h2-6,8,15-16H,7H2,1H3,(H,18,19). The molecule has 5 nitrogen and oxygen atoms in total. The lowest BCUT2D eigenvalue weighted by molar-refractivity contribution is 0.0691. The molecule has 0 bridgehead atoms. The second kappa shape index (κ2) is 5.39. The highest BCUT2D eigenvalue weighted by Crippen LogP contribution is 2.16. The maximum atomic E-state index is 11.4. The van der Waals surface area contributed by atoms with Crippen LogP contribution in [-0.2, 0) is 6.54 Å². The number of benzene rings is 1. The summed E-state index contributed by atoms with van der Waals surface area (Å²) in [5, 5.41) is 11.9. The molecule has 0 atom stereocenters. The number of aromatic carboxylic acids is 1. The van der Waals surface area contributed by atoms with E-state index < -0.39 is 5.97 Å². The fraction of sp³-hybridized carbons (Fsp3) is 0.143. The van der Waals surface area contributed by atoms with Crippen LogP contribution in [0, 0.1) is 0 Å². The van der Waals surface area contributed by atoms with Gasteiger partial charge >= 0.3 is 5.97 Å². The summed E-state index contributed by atoms with van der Waals surface area (Å²) in [5.41, 5.74) is 2.33. The Morgan fingerprint density at radius 2 is 2.05 bits per heavy atom. The van der Waals surface area contributed by atoms with Crippen LogP contribution in [0.15, 0.2) is 36.5 Å². The lowest BCUT2D eigenvalue weighted by Gasteiger charge is -2.08. The van der Waals surface area contributed by atoms with E-state index in [2.05, 4.69) is 10.3 Å². The monoisotopic (exact) mass is 258 g/mol. The van der Waals surface area contributed by atoms with E-state index >= 15 is 0 Å². The molecular weight excluding hydrogens is 244 g/mol. The quantitative estimate of drug-likeness (QED) is 0.720. The number of aromatic nitrogens is 1. The number of carboxylic acid groups (broad SMARTS) is 1. The summed E-state index contributed by atoms with van der Waals surface area (Å²) >= 11 is 0. The zero-order valence-corrected chi connectivity index (χ0v) is 10.4. The molecule has 3 N–H and O–H groups in total. The van der Waals surface area contributed by atoms with Crippen LogP contribution in [0.3, 0.4) is 0 Å². The fourth-order valence-corrected chi connectivity index (χ4v) is 1.81. The molecule has 1 aromatic carbocycles. The molecule has 0 saturated heterocycles. The van der Waals surface area contributed by atoms with E-state index in [9.17, 15) is 9.59 Å². The molecule has 5 heteroatoms. The highest BCUT2D eigenvalue weighted by atomic mass is 16.4. The van der Waals surface area contributed by atoms with Crippen LogP contribution >= 0.6 is 0 Å². The molecule has 2 rings (SSSR count). The predicted octanol–water partition coefficient (Wildman–Crippen LogP) is 2.53. The maximum absolute atomic E-state index is 11.4. The Balaban J connectivity index is 2.10. The molecule has 0 aliphatic heterocycles. The third kappa shape index (κ3) is 3.01. The maximum Gasteiger partial charge on any atom is 0.352 e. The summed E-state index contributed by atoms with van der Waals surface area (Å²) in [7, 11) is 0. The first kappa shape index (κ1) is 12.9. The van der Waals surface area contributed by atoms with Crippen LogP contribution in [0.4, 0.5) is 5.69 Å². The van der Waals surface area contributed by atoms with Gasteiger partial charge in [0, 0.05) is 24.0 Å². The minimum atomic E-state index is -0.990. The molecule has 0 amide bonds. The second-order valence-corrected chi connectivity index (χ2v) is 4.18. The number of anilines is 1. The number of carbonyl (C=O) groups excluding carboxylic acids is 1. The number of H-pyrrole nitrogens is 1. The van der Waals surface area contributed by atoms with E-state index in [-0.39, 0.29) is 11.5 Å². The Morgan fingerprint density at radius 3 is 2.68 bits per heavy atom. The van der Waals surface area contributed by atoms with Crippen LogP contribution in [-0.4, -0.2) is 21.8 Å². The largest absolute Gasteiger partial charge is 0.477 e. The first-order valence-electron chi connectivity index (χ1n) is 5.82. The van der Waals surface area contributed by atoms with Crippen molar-refractivity contribution in [2.45, 2.75) is 13.5 Å². The SMILES string of the molecule is CC(=O)c1ccccc1NCc1c[nH]c(C(=O)O)c1. The van der Waals surface area contributed by atoms with Gasteiger partial charge in [-0.2, -0.15) is 0 Å². The lowest BCUT2D eigenvalue weighted by Crippen LogP contribution is -2.04. The van der Waals surface area contributed by atoms with Gasteiger partial charge in [0.15, 0.2) is 5.78 Å². The molecule has 98 valence electrons. The third-order valence-electron chi connectivity index (χ3n) is 2.76. The van der Waals surface area contributed by atoms with Gasteiger partial charge in [-0.1, -0.05) is 12.1 Å². The van der Waals surface area contributed by atoms with E-state index in [1.54, 1.807) is 24.4 Å². The molecule has 0 aliphatic rings. The van der Waals surface area contributed by atoms with Crippen molar-refractivity contribution in [3.8, 4) is 0 Å². The molecule has 1 heterocycles. The van der Waals surface area contributed by atoms with Crippen molar-refractivity contribution in [2.75, 3.05) is 5.32 Å². The smallest absolute Gasteiger partial charge is 0.352 e. The molecule has 0 fully saturated rings. The predicted molar refractivity (Wildman–Crippen MR) is 71.5 cm³/mol. The molecule has 0 unspecified atom stereocenters.